The van der Waals surface area contributed by atoms with Crippen molar-refractivity contribution in [2.75, 3.05) is 13.7 Å². The number of para-hydroxylation sites is 2. The van der Waals surface area contributed by atoms with Crippen LogP contribution in [0, 0.1) is 0 Å². The number of carbonyl (C=O) groups is 1. The smallest absolute Gasteiger partial charge is 0.251 e. The average Bonchev–Trinajstić information content (AvgIpc) is 3.02. The van der Waals surface area contributed by atoms with Crippen molar-refractivity contribution in [3.63, 3.8) is 0 Å². The zero-order valence-corrected chi connectivity index (χ0v) is 17.4. The molecule has 0 radical (unpaired) electrons. The molecule has 1 amide bonds. The molecule has 0 spiro atoms. The normalized spacial score (nSPS) is 14.7. The highest BCUT2D eigenvalue weighted by atomic mass is 16.5. The average molecular weight is 398 g/mol. The van der Waals surface area contributed by atoms with Crippen LogP contribution < -0.4 is 19.5 Å². The van der Waals surface area contributed by atoms with E-state index in [1.54, 1.807) is 7.11 Å². The maximum absolute atomic E-state index is 12.8. The van der Waals surface area contributed by atoms with Gasteiger partial charge in [0.1, 0.15) is 12.4 Å². The number of nitrogens with one attached hydrogen (secondary N) is 1. The summed E-state index contributed by atoms with van der Waals surface area (Å²) in [6.45, 7) is 2.78. The molecule has 156 valence electrons. The maximum Gasteiger partial charge on any atom is 0.251 e. The van der Waals surface area contributed by atoms with Crippen molar-refractivity contribution in [2.45, 2.75) is 58.1 Å². The Kier molecular flexibility index (Phi) is 7.79. The molecule has 0 aliphatic heterocycles. The largest absolute Gasteiger partial charge is 0.493 e. The van der Waals surface area contributed by atoms with Gasteiger partial charge in [0.2, 0.25) is 0 Å². The fourth-order valence-corrected chi connectivity index (χ4v) is 3.72. The van der Waals surface area contributed by atoms with Crippen LogP contribution in [0.3, 0.4) is 0 Å². The van der Waals surface area contributed by atoms with Crippen molar-refractivity contribution in [1.82, 2.24) is 5.32 Å². The van der Waals surface area contributed by atoms with Crippen LogP contribution >= 0.6 is 0 Å². The van der Waals surface area contributed by atoms with E-state index in [1.807, 2.05) is 49.4 Å². The first-order valence-electron chi connectivity index (χ1n) is 10.5. The molecule has 5 heteroatoms. The van der Waals surface area contributed by atoms with E-state index in [4.69, 9.17) is 14.2 Å². The summed E-state index contributed by atoms with van der Waals surface area (Å²) in [5, 5.41) is 3.21. The molecule has 1 aliphatic rings. The molecular weight excluding hydrogens is 366 g/mol. The Balaban J connectivity index is 1.73. The fraction of sp³-hybridized carbons (Fsp3) is 0.458. The van der Waals surface area contributed by atoms with Crippen LogP contribution in [0.2, 0.25) is 0 Å². The van der Waals surface area contributed by atoms with Gasteiger partial charge in [0.05, 0.1) is 13.7 Å². The zero-order chi connectivity index (χ0) is 20.5. The van der Waals surface area contributed by atoms with Gasteiger partial charge < -0.3 is 19.5 Å². The molecule has 1 saturated carbocycles. The van der Waals surface area contributed by atoms with Gasteiger partial charge in [0.25, 0.3) is 5.91 Å². The van der Waals surface area contributed by atoms with Crippen LogP contribution in [0.5, 0.6) is 17.2 Å². The number of ether oxygens (including phenoxy) is 3. The predicted molar refractivity (Wildman–Crippen MR) is 114 cm³/mol. The summed E-state index contributed by atoms with van der Waals surface area (Å²) in [4.78, 5) is 12.8. The lowest BCUT2D eigenvalue weighted by Gasteiger charge is -2.18. The molecule has 29 heavy (non-hydrogen) atoms. The van der Waals surface area contributed by atoms with Gasteiger partial charge in [-0.1, -0.05) is 37.8 Å². The van der Waals surface area contributed by atoms with Crippen LogP contribution in [0.25, 0.3) is 0 Å². The summed E-state index contributed by atoms with van der Waals surface area (Å²) in [6.07, 6.45) is 7.03. The van der Waals surface area contributed by atoms with Crippen molar-refractivity contribution >= 4 is 5.91 Å². The summed E-state index contributed by atoms with van der Waals surface area (Å²) in [5.41, 5.74) is 1.47. The van der Waals surface area contributed by atoms with Crippen LogP contribution in [0.1, 0.15) is 61.4 Å². The van der Waals surface area contributed by atoms with Crippen LogP contribution in [-0.4, -0.2) is 25.7 Å². The minimum atomic E-state index is -0.0292. The second kappa shape index (κ2) is 10.7. The van der Waals surface area contributed by atoms with Gasteiger partial charge in [0.15, 0.2) is 11.5 Å². The van der Waals surface area contributed by atoms with Gasteiger partial charge in [-0.2, -0.15) is 0 Å². The van der Waals surface area contributed by atoms with Gasteiger partial charge in [-0.15, -0.1) is 0 Å². The molecule has 2 aromatic rings. The second-order valence-electron chi connectivity index (χ2n) is 7.36. The van der Waals surface area contributed by atoms with E-state index >= 15 is 0 Å². The number of rotatable bonds is 8. The van der Waals surface area contributed by atoms with Crippen LogP contribution in [-0.2, 0) is 6.61 Å². The van der Waals surface area contributed by atoms with Crippen molar-refractivity contribution in [2.24, 2.45) is 0 Å². The standard InChI is InChI=1S/C24H31NO4/c1-3-28-21-15-14-18(24(26)25-20-10-6-4-5-7-11-20)16-19(21)17-29-23-13-9-8-12-22(23)27-2/h8-9,12-16,20H,3-7,10-11,17H2,1-2H3,(H,25,26). The van der Waals surface area contributed by atoms with E-state index in [0.717, 1.165) is 24.2 Å². The molecule has 0 atom stereocenters. The number of hydrogen-bond donors (Lipinski definition) is 1. The van der Waals surface area contributed by atoms with Crippen LogP contribution in [0.15, 0.2) is 42.5 Å². The van der Waals surface area contributed by atoms with Crippen molar-refractivity contribution in [3.05, 3.63) is 53.6 Å². The SMILES string of the molecule is CCOc1ccc(C(=O)NC2CCCCCC2)cc1COc1ccccc1OC. The van der Waals surface area contributed by atoms with Crippen LogP contribution in [0.4, 0.5) is 0 Å². The van der Waals surface area contributed by atoms with Gasteiger partial charge >= 0.3 is 0 Å². The Morgan fingerprint density at radius 2 is 1.69 bits per heavy atom. The monoisotopic (exact) mass is 397 g/mol. The lowest BCUT2D eigenvalue weighted by Crippen LogP contribution is -2.34. The quantitative estimate of drug-likeness (QED) is 0.628. The molecule has 1 N–H and O–H groups in total. The molecular formula is C24H31NO4. The first-order valence-corrected chi connectivity index (χ1v) is 10.5. The van der Waals surface area contributed by atoms with Gasteiger partial charge in [-0.05, 0) is 50.1 Å². The summed E-state index contributed by atoms with van der Waals surface area (Å²) >= 11 is 0. The summed E-state index contributed by atoms with van der Waals surface area (Å²) in [7, 11) is 1.62. The lowest BCUT2D eigenvalue weighted by atomic mass is 10.1. The van der Waals surface area contributed by atoms with E-state index in [9.17, 15) is 4.79 Å². The Labute approximate surface area is 173 Å². The molecule has 1 aliphatic carbocycles. The summed E-state index contributed by atoms with van der Waals surface area (Å²) < 4.78 is 17.1. The number of benzene rings is 2. The minimum absolute atomic E-state index is 0.0292. The Bertz CT molecular complexity index is 797. The van der Waals surface area contributed by atoms with E-state index < -0.39 is 0 Å². The van der Waals surface area contributed by atoms with Gasteiger partial charge in [0, 0.05) is 17.2 Å². The molecule has 0 heterocycles. The highest BCUT2D eigenvalue weighted by Gasteiger charge is 2.17. The molecule has 1 fully saturated rings. The molecule has 0 bridgehead atoms. The molecule has 3 rings (SSSR count). The first-order chi connectivity index (χ1) is 14.2. The second-order valence-corrected chi connectivity index (χ2v) is 7.36. The molecule has 0 unspecified atom stereocenters. The van der Waals surface area contributed by atoms with Crippen molar-refractivity contribution in [1.29, 1.82) is 0 Å². The first kappa shape index (κ1) is 21.0. The highest BCUT2D eigenvalue weighted by Crippen LogP contribution is 2.29. The summed E-state index contributed by atoms with van der Waals surface area (Å²) in [5.74, 6) is 2.03. The molecule has 0 aromatic heterocycles. The maximum atomic E-state index is 12.8. The molecule has 5 nitrogen and oxygen atoms in total. The van der Waals surface area contributed by atoms with Gasteiger partial charge in [-0.3, -0.25) is 4.79 Å². The number of methoxy groups -OCH3 is 1. The number of carbonyl (C=O) groups excluding carboxylic acids is 1. The number of hydrogen-bond acceptors (Lipinski definition) is 4. The van der Waals surface area contributed by atoms with Crippen molar-refractivity contribution in [3.8, 4) is 17.2 Å². The molecule has 2 aromatic carbocycles. The van der Waals surface area contributed by atoms with E-state index in [1.165, 1.54) is 25.7 Å². The zero-order valence-electron chi connectivity index (χ0n) is 17.4. The highest BCUT2D eigenvalue weighted by molar-refractivity contribution is 5.94. The fourth-order valence-electron chi connectivity index (χ4n) is 3.72. The summed E-state index contributed by atoms with van der Waals surface area (Å²) in [6, 6.07) is 13.3. The molecule has 0 saturated heterocycles. The third-order valence-corrected chi connectivity index (χ3v) is 5.27. The Hall–Kier alpha value is -2.69. The van der Waals surface area contributed by atoms with E-state index in [2.05, 4.69) is 5.32 Å². The topological polar surface area (TPSA) is 56.8 Å². The van der Waals surface area contributed by atoms with E-state index in [-0.39, 0.29) is 11.9 Å². The van der Waals surface area contributed by atoms with Gasteiger partial charge in [-0.25, -0.2) is 0 Å². The predicted octanol–water partition coefficient (Wildman–Crippen LogP) is 5.13. The van der Waals surface area contributed by atoms with Crippen molar-refractivity contribution < 1.29 is 19.0 Å². The Morgan fingerprint density at radius 1 is 0.966 bits per heavy atom. The third kappa shape index (κ3) is 5.89. The third-order valence-electron chi connectivity index (χ3n) is 5.27. The Morgan fingerprint density at radius 3 is 2.38 bits per heavy atom. The van der Waals surface area contributed by atoms with E-state index in [0.29, 0.717) is 30.3 Å². The lowest BCUT2D eigenvalue weighted by molar-refractivity contribution is 0.0933. The number of amides is 1. The minimum Gasteiger partial charge on any atom is -0.493 e.